The Kier molecular flexibility index (Phi) is 7.75. The van der Waals surface area contributed by atoms with Crippen LogP contribution in [0.3, 0.4) is 0 Å². The monoisotopic (exact) mass is 332 g/mol. The highest BCUT2D eigenvalue weighted by Gasteiger charge is 2.17. The Bertz CT molecular complexity index is 522. The fourth-order valence-electron chi connectivity index (χ4n) is 2.73. The lowest BCUT2D eigenvalue weighted by Crippen LogP contribution is -2.36. The van der Waals surface area contributed by atoms with Gasteiger partial charge in [0, 0.05) is 31.0 Å². The minimum absolute atomic E-state index is 0.00719. The molecule has 5 heteroatoms. The summed E-state index contributed by atoms with van der Waals surface area (Å²) >= 11 is 0. The molecular weight excluding hydrogens is 304 g/mol. The van der Waals surface area contributed by atoms with Gasteiger partial charge >= 0.3 is 0 Å². The highest BCUT2D eigenvalue weighted by molar-refractivity contribution is 5.98. The van der Waals surface area contributed by atoms with E-state index in [2.05, 4.69) is 17.6 Å². The van der Waals surface area contributed by atoms with Gasteiger partial charge in [-0.1, -0.05) is 19.8 Å². The zero-order valence-electron chi connectivity index (χ0n) is 14.5. The first-order valence-corrected chi connectivity index (χ1v) is 8.95. The topological polar surface area (TPSA) is 67.4 Å². The third kappa shape index (κ3) is 6.32. The Morgan fingerprint density at radius 2 is 2.00 bits per heavy atom. The Morgan fingerprint density at radius 1 is 1.21 bits per heavy atom. The van der Waals surface area contributed by atoms with Crippen molar-refractivity contribution in [2.24, 2.45) is 0 Å². The molecule has 1 aliphatic rings. The van der Waals surface area contributed by atoms with Crippen LogP contribution < -0.4 is 15.4 Å². The molecule has 1 unspecified atom stereocenters. The maximum atomic E-state index is 12.2. The zero-order valence-corrected chi connectivity index (χ0v) is 14.5. The molecule has 1 heterocycles. The van der Waals surface area contributed by atoms with E-state index in [0.717, 1.165) is 38.1 Å². The molecule has 0 bridgehead atoms. The summed E-state index contributed by atoms with van der Waals surface area (Å²) in [5.41, 5.74) is 0.631. The summed E-state index contributed by atoms with van der Waals surface area (Å²) in [4.78, 5) is 24.0. The summed E-state index contributed by atoms with van der Waals surface area (Å²) in [6.45, 7) is 4.62. The SMILES string of the molecule is CCCCCOc1ccc(C(=O)CCC(=O)NC2CCNC2)cc1. The van der Waals surface area contributed by atoms with E-state index in [4.69, 9.17) is 4.74 Å². The van der Waals surface area contributed by atoms with Gasteiger partial charge in [-0.15, -0.1) is 0 Å². The van der Waals surface area contributed by atoms with Gasteiger partial charge in [-0.25, -0.2) is 0 Å². The molecule has 1 aromatic rings. The first-order chi connectivity index (χ1) is 11.7. The van der Waals surface area contributed by atoms with Crippen LogP contribution in [0.15, 0.2) is 24.3 Å². The van der Waals surface area contributed by atoms with Crippen LogP contribution in [0.4, 0.5) is 0 Å². The molecule has 1 aliphatic heterocycles. The smallest absolute Gasteiger partial charge is 0.220 e. The molecule has 1 amide bonds. The van der Waals surface area contributed by atoms with Crippen LogP contribution in [0.25, 0.3) is 0 Å². The molecule has 2 rings (SSSR count). The van der Waals surface area contributed by atoms with E-state index in [9.17, 15) is 9.59 Å². The lowest BCUT2D eigenvalue weighted by molar-refractivity contribution is -0.121. The first kappa shape index (κ1) is 18.5. The van der Waals surface area contributed by atoms with E-state index < -0.39 is 0 Å². The van der Waals surface area contributed by atoms with E-state index >= 15 is 0 Å². The molecule has 132 valence electrons. The van der Waals surface area contributed by atoms with Gasteiger partial charge in [0.15, 0.2) is 5.78 Å². The van der Waals surface area contributed by atoms with Crippen molar-refractivity contribution in [1.29, 1.82) is 0 Å². The molecule has 1 saturated heterocycles. The van der Waals surface area contributed by atoms with Crippen molar-refractivity contribution < 1.29 is 14.3 Å². The second-order valence-electron chi connectivity index (χ2n) is 6.26. The van der Waals surface area contributed by atoms with Crippen LogP contribution in [0, 0.1) is 0 Å². The van der Waals surface area contributed by atoms with E-state index in [1.54, 1.807) is 12.1 Å². The number of ketones is 1. The highest BCUT2D eigenvalue weighted by Crippen LogP contribution is 2.15. The predicted molar refractivity (Wildman–Crippen MR) is 94.4 cm³/mol. The number of nitrogens with one attached hydrogen (secondary N) is 2. The molecule has 0 aliphatic carbocycles. The summed E-state index contributed by atoms with van der Waals surface area (Å²) in [5, 5.41) is 6.16. The van der Waals surface area contributed by atoms with E-state index in [-0.39, 0.29) is 30.6 Å². The molecule has 5 nitrogen and oxygen atoms in total. The lowest BCUT2D eigenvalue weighted by atomic mass is 10.1. The number of rotatable bonds is 10. The standard InChI is InChI=1S/C19H28N2O3/c1-2-3-4-13-24-17-7-5-15(6-8-17)18(22)9-10-19(23)21-16-11-12-20-14-16/h5-8,16,20H,2-4,9-14H2,1H3,(H,21,23). The molecule has 1 aromatic carbocycles. The number of benzene rings is 1. The van der Waals surface area contributed by atoms with Gasteiger partial charge in [0.1, 0.15) is 5.75 Å². The largest absolute Gasteiger partial charge is 0.494 e. The Morgan fingerprint density at radius 3 is 2.67 bits per heavy atom. The fraction of sp³-hybridized carbons (Fsp3) is 0.579. The van der Waals surface area contributed by atoms with Gasteiger partial charge in [0.2, 0.25) is 5.91 Å². The zero-order chi connectivity index (χ0) is 17.2. The summed E-state index contributed by atoms with van der Waals surface area (Å²) in [7, 11) is 0. The van der Waals surface area contributed by atoms with Gasteiger partial charge in [0.05, 0.1) is 6.61 Å². The van der Waals surface area contributed by atoms with Crippen molar-refractivity contribution in [3.05, 3.63) is 29.8 Å². The van der Waals surface area contributed by atoms with Gasteiger partial charge < -0.3 is 15.4 Å². The molecule has 1 fully saturated rings. The highest BCUT2D eigenvalue weighted by atomic mass is 16.5. The average Bonchev–Trinajstić information content (AvgIpc) is 3.10. The summed E-state index contributed by atoms with van der Waals surface area (Å²) < 4.78 is 5.63. The van der Waals surface area contributed by atoms with Gasteiger partial charge in [-0.3, -0.25) is 9.59 Å². The van der Waals surface area contributed by atoms with Crippen molar-refractivity contribution in [2.75, 3.05) is 19.7 Å². The van der Waals surface area contributed by atoms with Crippen LogP contribution in [-0.2, 0) is 4.79 Å². The molecule has 0 aromatic heterocycles. The van der Waals surface area contributed by atoms with Crippen LogP contribution in [0.1, 0.15) is 55.8 Å². The third-order valence-corrected chi connectivity index (χ3v) is 4.20. The number of ether oxygens (including phenoxy) is 1. The number of Topliss-reactive ketones (excluding diaryl/α,β-unsaturated/α-hetero) is 1. The molecule has 0 saturated carbocycles. The maximum absolute atomic E-state index is 12.2. The van der Waals surface area contributed by atoms with E-state index in [1.807, 2.05) is 12.1 Å². The van der Waals surface area contributed by atoms with Crippen molar-refractivity contribution >= 4 is 11.7 Å². The normalized spacial score (nSPS) is 16.8. The number of amides is 1. The molecular formula is C19H28N2O3. The minimum atomic E-state index is -0.0482. The minimum Gasteiger partial charge on any atom is -0.494 e. The fourth-order valence-corrected chi connectivity index (χ4v) is 2.73. The van der Waals surface area contributed by atoms with E-state index in [0.29, 0.717) is 12.2 Å². The Hall–Kier alpha value is -1.88. The van der Waals surface area contributed by atoms with Crippen molar-refractivity contribution in [3.63, 3.8) is 0 Å². The second-order valence-corrected chi connectivity index (χ2v) is 6.26. The van der Waals surface area contributed by atoms with Crippen LogP contribution in [-0.4, -0.2) is 37.4 Å². The summed E-state index contributed by atoms with van der Waals surface area (Å²) in [5.74, 6) is 0.731. The predicted octanol–water partition coefficient (Wildman–Crippen LogP) is 2.70. The van der Waals surface area contributed by atoms with Gasteiger partial charge in [0.25, 0.3) is 0 Å². The van der Waals surface area contributed by atoms with Crippen LogP contribution >= 0.6 is 0 Å². The second kappa shape index (κ2) is 10.1. The summed E-state index contributed by atoms with van der Waals surface area (Å²) in [6.07, 6.45) is 4.81. The molecule has 0 spiro atoms. The third-order valence-electron chi connectivity index (χ3n) is 4.20. The number of hydrogen-bond donors (Lipinski definition) is 2. The van der Waals surface area contributed by atoms with Crippen molar-refractivity contribution in [3.8, 4) is 5.75 Å². The number of hydrogen-bond acceptors (Lipinski definition) is 4. The van der Waals surface area contributed by atoms with E-state index in [1.165, 1.54) is 6.42 Å². The first-order valence-electron chi connectivity index (χ1n) is 8.95. The molecule has 0 radical (unpaired) electrons. The molecule has 2 N–H and O–H groups in total. The lowest BCUT2D eigenvalue weighted by Gasteiger charge is -2.11. The van der Waals surface area contributed by atoms with Crippen LogP contribution in [0.5, 0.6) is 5.75 Å². The Labute approximate surface area is 144 Å². The van der Waals surface area contributed by atoms with Crippen molar-refractivity contribution in [1.82, 2.24) is 10.6 Å². The summed E-state index contributed by atoms with van der Waals surface area (Å²) in [6, 6.07) is 7.40. The number of carbonyl (C=O) groups is 2. The quantitative estimate of drug-likeness (QED) is 0.511. The Balaban J connectivity index is 1.70. The van der Waals surface area contributed by atoms with Gasteiger partial charge in [-0.2, -0.15) is 0 Å². The van der Waals surface area contributed by atoms with Crippen molar-refractivity contribution in [2.45, 2.75) is 51.5 Å². The number of unbranched alkanes of at least 4 members (excludes halogenated alkanes) is 2. The van der Waals surface area contributed by atoms with Gasteiger partial charge in [-0.05, 0) is 43.7 Å². The molecule has 1 atom stereocenters. The average molecular weight is 332 g/mol. The molecule has 24 heavy (non-hydrogen) atoms. The number of carbonyl (C=O) groups excluding carboxylic acids is 2. The van der Waals surface area contributed by atoms with Crippen LogP contribution in [0.2, 0.25) is 0 Å². The maximum Gasteiger partial charge on any atom is 0.220 e.